The molecule has 0 saturated heterocycles. The summed E-state index contributed by atoms with van der Waals surface area (Å²) in [4.78, 5) is 39.1. The van der Waals surface area contributed by atoms with Gasteiger partial charge in [-0.2, -0.15) is 9.78 Å². The molecule has 7 nitrogen and oxygen atoms in total. The summed E-state index contributed by atoms with van der Waals surface area (Å²) >= 11 is 0. The molecule has 166 valence electrons. The molecular weight excluding hydrogens is 430 g/mol. The van der Waals surface area contributed by atoms with Crippen LogP contribution in [0.2, 0.25) is 0 Å². The molecule has 0 aliphatic heterocycles. The fourth-order valence-corrected chi connectivity index (χ4v) is 3.33. The number of para-hydroxylation sites is 1. The molecule has 4 aromatic rings. The van der Waals surface area contributed by atoms with Crippen LogP contribution in [0.15, 0.2) is 82.4 Å². The smallest absolute Gasteiger partial charge is 0.320 e. The first-order valence-electron chi connectivity index (χ1n) is 9.95. The molecule has 9 heteroatoms. The summed E-state index contributed by atoms with van der Waals surface area (Å²) in [6, 6.07) is 17.6. The number of rotatable bonds is 5. The Morgan fingerprint density at radius 2 is 1.73 bits per heavy atom. The van der Waals surface area contributed by atoms with E-state index in [9.17, 15) is 23.2 Å². The van der Waals surface area contributed by atoms with Crippen molar-refractivity contribution >= 4 is 11.6 Å². The van der Waals surface area contributed by atoms with Gasteiger partial charge in [0.25, 0.3) is 11.5 Å². The Hall–Kier alpha value is -4.40. The fraction of sp³-hybridized carbons (Fsp3) is 0.0833. The molecule has 0 radical (unpaired) electrons. The second-order valence-corrected chi connectivity index (χ2v) is 7.34. The van der Waals surface area contributed by atoms with E-state index >= 15 is 0 Å². The Morgan fingerprint density at radius 1 is 0.970 bits per heavy atom. The third-order valence-corrected chi connectivity index (χ3v) is 4.86. The third kappa shape index (κ3) is 4.62. The quantitative estimate of drug-likeness (QED) is 0.508. The van der Waals surface area contributed by atoms with E-state index in [0.717, 1.165) is 22.3 Å². The molecule has 0 unspecified atom stereocenters. The van der Waals surface area contributed by atoms with E-state index in [4.69, 9.17) is 0 Å². The van der Waals surface area contributed by atoms with Crippen molar-refractivity contribution in [2.45, 2.75) is 13.5 Å². The average molecular weight is 448 g/mol. The van der Waals surface area contributed by atoms with Gasteiger partial charge in [-0.25, -0.2) is 13.6 Å². The predicted molar refractivity (Wildman–Crippen MR) is 119 cm³/mol. The number of hydrogen-bond donors (Lipinski definition) is 1. The number of aromatic nitrogens is 3. The highest BCUT2D eigenvalue weighted by molar-refractivity contribution is 6.02. The summed E-state index contributed by atoms with van der Waals surface area (Å²) in [7, 11) is 0. The van der Waals surface area contributed by atoms with Crippen LogP contribution in [0.25, 0.3) is 5.69 Å². The van der Waals surface area contributed by atoms with Gasteiger partial charge in [0.05, 0.1) is 6.54 Å². The normalized spacial score (nSPS) is 10.8. The second kappa shape index (κ2) is 8.99. The Labute approximate surface area is 186 Å². The molecular formula is C24H18F2N4O3. The van der Waals surface area contributed by atoms with Gasteiger partial charge in [0.1, 0.15) is 17.3 Å². The summed E-state index contributed by atoms with van der Waals surface area (Å²) in [6.07, 6.45) is 0. The van der Waals surface area contributed by atoms with Crippen molar-refractivity contribution in [3.05, 3.63) is 122 Å². The average Bonchev–Trinajstić information content (AvgIpc) is 2.77. The minimum atomic E-state index is -0.964. The first kappa shape index (κ1) is 21.8. The lowest BCUT2D eigenvalue weighted by Gasteiger charge is -2.13. The molecule has 0 aliphatic carbocycles. The number of carbonyl (C=O) groups is 1. The molecule has 0 spiro atoms. The van der Waals surface area contributed by atoms with Gasteiger partial charge in [-0.3, -0.25) is 14.2 Å². The van der Waals surface area contributed by atoms with Crippen molar-refractivity contribution in [1.82, 2.24) is 14.3 Å². The van der Waals surface area contributed by atoms with Crippen LogP contribution in [0.1, 0.15) is 21.6 Å². The number of halogens is 2. The van der Waals surface area contributed by atoms with Crippen molar-refractivity contribution < 1.29 is 13.6 Å². The minimum absolute atomic E-state index is 0.0927. The summed E-state index contributed by atoms with van der Waals surface area (Å²) in [5.74, 6) is -2.31. The van der Waals surface area contributed by atoms with Crippen molar-refractivity contribution in [3.63, 3.8) is 0 Å². The zero-order valence-corrected chi connectivity index (χ0v) is 17.5. The number of benzene rings is 3. The zero-order valence-electron chi connectivity index (χ0n) is 17.5. The van der Waals surface area contributed by atoms with Crippen molar-refractivity contribution in [3.8, 4) is 5.69 Å². The highest BCUT2D eigenvalue weighted by Gasteiger charge is 2.22. The molecule has 3 aromatic carbocycles. The maximum Gasteiger partial charge on any atom is 0.352 e. The SMILES string of the molecule is Cc1cccc(Cn2c(=O)c(C(=O)Nc3cccc(F)c3)nn(-c3ccccc3F)c2=O)c1. The Balaban J connectivity index is 1.87. The van der Waals surface area contributed by atoms with E-state index in [0.29, 0.717) is 10.2 Å². The summed E-state index contributed by atoms with van der Waals surface area (Å²) in [6.45, 7) is 1.70. The van der Waals surface area contributed by atoms with E-state index in [1.54, 1.807) is 18.2 Å². The molecule has 0 bridgehead atoms. The molecule has 1 N–H and O–H groups in total. The van der Waals surface area contributed by atoms with Gasteiger partial charge >= 0.3 is 5.69 Å². The maximum atomic E-state index is 14.5. The van der Waals surface area contributed by atoms with Gasteiger partial charge in [-0.15, -0.1) is 0 Å². The lowest BCUT2D eigenvalue weighted by Crippen LogP contribution is -2.45. The number of aryl methyl sites for hydroxylation is 1. The third-order valence-electron chi connectivity index (χ3n) is 4.86. The summed E-state index contributed by atoms with van der Waals surface area (Å²) in [5, 5.41) is 6.26. The first-order valence-corrected chi connectivity index (χ1v) is 9.95. The number of hydrogen-bond acceptors (Lipinski definition) is 4. The van der Waals surface area contributed by atoms with Crippen molar-refractivity contribution in [2.75, 3.05) is 5.32 Å². The van der Waals surface area contributed by atoms with E-state index in [2.05, 4.69) is 10.4 Å². The largest absolute Gasteiger partial charge is 0.352 e. The van der Waals surface area contributed by atoms with Gasteiger partial charge in [0.15, 0.2) is 0 Å². The summed E-state index contributed by atoms with van der Waals surface area (Å²) < 4.78 is 29.5. The highest BCUT2D eigenvalue weighted by Crippen LogP contribution is 2.12. The van der Waals surface area contributed by atoms with E-state index in [1.807, 2.05) is 13.0 Å². The van der Waals surface area contributed by atoms with Crippen LogP contribution in [0.4, 0.5) is 14.5 Å². The predicted octanol–water partition coefficient (Wildman–Crippen LogP) is 3.28. The van der Waals surface area contributed by atoms with Gasteiger partial charge in [-0.1, -0.05) is 48.0 Å². The lowest BCUT2D eigenvalue weighted by molar-refractivity contribution is 0.101. The maximum absolute atomic E-state index is 14.5. The van der Waals surface area contributed by atoms with E-state index in [1.165, 1.54) is 36.4 Å². The van der Waals surface area contributed by atoms with Gasteiger partial charge in [-0.05, 0) is 42.8 Å². The van der Waals surface area contributed by atoms with E-state index < -0.39 is 34.5 Å². The van der Waals surface area contributed by atoms with E-state index in [-0.39, 0.29) is 17.9 Å². The Kier molecular flexibility index (Phi) is 5.95. The summed E-state index contributed by atoms with van der Waals surface area (Å²) in [5.41, 5.74) is -1.09. The molecule has 0 saturated carbocycles. The van der Waals surface area contributed by atoms with Crippen LogP contribution < -0.4 is 16.6 Å². The zero-order chi connectivity index (χ0) is 23.5. The van der Waals surface area contributed by atoms with Crippen LogP contribution in [0.3, 0.4) is 0 Å². The Bertz CT molecular complexity index is 1480. The number of nitrogens with one attached hydrogen (secondary N) is 1. The van der Waals surface area contributed by atoms with Crippen LogP contribution >= 0.6 is 0 Å². The molecule has 0 aliphatic rings. The number of carbonyl (C=O) groups excluding carboxylic acids is 1. The molecule has 0 atom stereocenters. The number of nitrogens with zero attached hydrogens (tertiary/aromatic N) is 3. The first-order chi connectivity index (χ1) is 15.8. The second-order valence-electron chi connectivity index (χ2n) is 7.34. The highest BCUT2D eigenvalue weighted by atomic mass is 19.1. The monoisotopic (exact) mass is 448 g/mol. The molecule has 1 heterocycles. The Morgan fingerprint density at radius 3 is 2.45 bits per heavy atom. The fourth-order valence-electron chi connectivity index (χ4n) is 3.33. The van der Waals surface area contributed by atoms with Crippen LogP contribution in [0, 0.1) is 18.6 Å². The molecule has 33 heavy (non-hydrogen) atoms. The lowest BCUT2D eigenvalue weighted by atomic mass is 10.1. The van der Waals surface area contributed by atoms with Gasteiger partial charge in [0.2, 0.25) is 5.69 Å². The standard InChI is InChI=1S/C24H18F2N4O3/c1-15-6-4-7-16(12-15)14-29-23(32)21(22(31)27-18-9-5-8-17(25)13-18)28-30(24(29)33)20-11-3-2-10-19(20)26/h2-13H,14H2,1H3,(H,27,31). The molecule has 1 aromatic heterocycles. The van der Waals surface area contributed by atoms with Crippen molar-refractivity contribution in [2.24, 2.45) is 0 Å². The van der Waals surface area contributed by atoms with Crippen molar-refractivity contribution in [1.29, 1.82) is 0 Å². The number of anilines is 1. The molecule has 4 rings (SSSR count). The van der Waals surface area contributed by atoms with Crippen LogP contribution in [-0.4, -0.2) is 20.3 Å². The number of amides is 1. The van der Waals surface area contributed by atoms with Crippen LogP contribution in [0.5, 0.6) is 0 Å². The molecule has 0 fully saturated rings. The topological polar surface area (TPSA) is 86.0 Å². The van der Waals surface area contributed by atoms with Gasteiger partial charge < -0.3 is 5.32 Å². The minimum Gasteiger partial charge on any atom is -0.320 e. The molecule has 1 amide bonds. The van der Waals surface area contributed by atoms with Crippen LogP contribution in [-0.2, 0) is 6.54 Å². The van der Waals surface area contributed by atoms with Gasteiger partial charge in [0, 0.05) is 5.69 Å².